The third-order valence-corrected chi connectivity index (χ3v) is 9.71. The van der Waals surface area contributed by atoms with Crippen LogP contribution in [-0.2, 0) is 9.84 Å². The normalized spacial score (nSPS) is 26.6. The van der Waals surface area contributed by atoms with E-state index in [-0.39, 0.29) is 0 Å². The minimum Gasteiger partial charge on any atom is -0.229 e. The molecular formula is C8H17O2PS. The Hall–Kier alpha value is 0.250. The minimum absolute atomic E-state index is 0.419. The number of rotatable bonds is 0. The summed E-state index contributed by atoms with van der Waals surface area (Å²) in [4.78, 5) is 0. The summed E-state index contributed by atoms with van der Waals surface area (Å²) in [5.74, 6) is 0.838. The van der Waals surface area contributed by atoms with Crippen molar-refractivity contribution in [1.29, 1.82) is 0 Å². The van der Waals surface area contributed by atoms with E-state index in [1.54, 1.807) is 0 Å². The maximum absolute atomic E-state index is 11.2. The molecule has 0 aromatic carbocycles. The zero-order valence-electron chi connectivity index (χ0n) is 8.00. The molecule has 4 heteroatoms. The Kier molecular flexibility index (Phi) is 2.75. The molecule has 0 unspecified atom stereocenters. The number of hydrogen-bond acceptors (Lipinski definition) is 2. The van der Waals surface area contributed by atoms with Gasteiger partial charge in [0.25, 0.3) is 0 Å². The largest absolute Gasteiger partial charge is 0.229 e. The summed E-state index contributed by atoms with van der Waals surface area (Å²) in [6.45, 7) is 5.59. The maximum Gasteiger partial charge on any atom is 0.151 e. The molecule has 12 heavy (non-hydrogen) atoms. The van der Waals surface area contributed by atoms with E-state index < -0.39 is 16.7 Å². The van der Waals surface area contributed by atoms with Crippen molar-refractivity contribution in [3.05, 3.63) is 0 Å². The van der Waals surface area contributed by atoms with Crippen molar-refractivity contribution in [1.82, 2.24) is 0 Å². The van der Waals surface area contributed by atoms with E-state index in [2.05, 4.69) is 20.5 Å². The molecule has 1 heterocycles. The summed E-state index contributed by atoms with van der Waals surface area (Å²) in [7, 11) is -2.67. The van der Waals surface area contributed by atoms with Gasteiger partial charge in [-0.3, -0.25) is 0 Å². The lowest BCUT2D eigenvalue weighted by molar-refractivity contribution is 0.598. The van der Waals surface area contributed by atoms with E-state index in [0.29, 0.717) is 11.5 Å². The van der Waals surface area contributed by atoms with Crippen LogP contribution < -0.4 is 0 Å². The van der Waals surface area contributed by atoms with Gasteiger partial charge in [-0.15, -0.1) is 6.89 Å². The zero-order chi connectivity index (χ0) is 9.41. The van der Waals surface area contributed by atoms with Crippen molar-refractivity contribution in [2.45, 2.75) is 13.8 Å². The van der Waals surface area contributed by atoms with Crippen LogP contribution in [0.4, 0.5) is 0 Å². The van der Waals surface area contributed by atoms with Gasteiger partial charge >= 0.3 is 0 Å². The van der Waals surface area contributed by atoms with Crippen LogP contribution in [0.2, 0.25) is 0 Å². The lowest BCUT2D eigenvalue weighted by Gasteiger charge is -2.28. The molecule has 1 aliphatic heterocycles. The smallest absolute Gasteiger partial charge is 0.151 e. The third kappa shape index (κ3) is 2.14. The predicted octanol–water partition coefficient (Wildman–Crippen LogP) is 1.27. The van der Waals surface area contributed by atoms with Crippen molar-refractivity contribution in [2.24, 2.45) is 0 Å². The Morgan fingerprint density at radius 1 is 1.17 bits per heavy atom. The van der Waals surface area contributed by atoms with E-state index in [1.807, 2.05) is 0 Å². The quantitative estimate of drug-likeness (QED) is 0.562. The van der Waals surface area contributed by atoms with Crippen LogP contribution in [0.1, 0.15) is 13.8 Å². The lowest BCUT2D eigenvalue weighted by Crippen LogP contribution is -2.25. The molecule has 0 N–H and O–H groups in total. The van der Waals surface area contributed by atoms with Gasteiger partial charge in [0.05, 0.1) is 11.5 Å². The molecule has 0 saturated carbocycles. The Bertz CT molecular complexity index is 305. The Morgan fingerprint density at radius 3 is 1.92 bits per heavy atom. The van der Waals surface area contributed by atoms with Gasteiger partial charge in [-0.2, -0.15) is 0 Å². The van der Waals surface area contributed by atoms with E-state index in [0.717, 1.165) is 12.3 Å². The molecule has 0 bridgehead atoms. The first-order valence-electron chi connectivity index (χ1n) is 4.21. The first kappa shape index (κ1) is 10.3. The van der Waals surface area contributed by atoms with Gasteiger partial charge in [-0.25, -0.2) is 8.42 Å². The average Bonchev–Trinajstić information content (AvgIpc) is 1.96. The molecule has 1 aliphatic rings. The van der Waals surface area contributed by atoms with Crippen LogP contribution in [0.5, 0.6) is 0 Å². The summed E-state index contributed by atoms with van der Waals surface area (Å²) in [5, 5.41) is 1.47. The number of sulfone groups is 1. The van der Waals surface area contributed by atoms with Crippen LogP contribution in [-0.4, -0.2) is 44.2 Å². The van der Waals surface area contributed by atoms with Crippen molar-refractivity contribution < 1.29 is 8.42 Å². The monoisotopic (exact) mass is 208 g/mol. The molecule has 0 spiro atoms. The SMILES string of the molecule is CC(C)=P1(C)CCS(=O)(=O)CC1. The third-order valence-electron chi connectivity index (χ3n) is 2.87. The Morgan fingerprint density at radius 2 is 1.58 bits per heavy atom. The van der Waals surface area contributed by atoms with E-state index >= 15 is 0 Å². The standard InChI is InChI=1S/C8H17O2PS/c1-8(2)11(3)4-6-12(9,10)7-5-11/h4-7H2,1-3H3. The van der Waals surface area contributed by atoms with Crippen LogP contribution >= 0.6 is 6.89 Å². The Labute approximate surface area is 75.3 Å². The minimum atomic E-state index is -2.67. The molecular weight excluding hydrogens is 191 g/mol. The van der Waals surface area contributed by atoms with E-state index in [1.165, 1.54) is 5.29 Å². The first-order chi connectivity index (χ1) is 5.36. The van der Waals surface area contributed by atoms with Gasteiger partial charge in [0.1, 0.15) is 0 Å². The fourth-order valence-corrected chi connectivity index (χ4v) is 8.11. The topological polar surface area (TPSA) is 34.1 Å². The van der Waals surface area contributed by atoms with Gasteiger partial charge in [-0.05, 0) is 32.8 Å². The molecule has 0 aliphatic carbocycles. The highest BCUT2D eigenvalue weighted by atomic mass is 32.2. The lowest BCUT2D eigenvalue weighted by atomic mass is 10.6. The molecule has 0 amide bonds. The second kappa shape index (κ2) is 3.19. The molecule has 0 aromatic heterocycles. The highest BCUT2D eigenvalue weighted by Gasteiger charge is 2.25. The summed E-state index contributed by atoms with van der Waals surface area (Å²) >= 11 is 0. The second-order valence-electron chi connectivity index (χ2n) is 3.94. The van der Waals surface area contributed by atoms with Crippen molar-refractivity contribution in [3.63, 3.8) is 0 Å². The molecule has 0 radical (unpaired) electrons. The fraction of sp³-hybridized carbons (Fsp3) is 0.875. The molecule has 0 atom stereocenters. The molecule has 2 nitrogen and oxygen atoms in total. The van der Waals surface area contributed by atoms with Gasteiger partial charge in [0.2, 0.25) is 0 Å². The van der Waals surface area contributed by atoms with E-state index in [9.17, 15) is 8.42 Å². The van der Waals surface area contributed by atoms with E-state index in [4.69, 9.17) is 0 Å². The summed E-state index contributed by atoms with van der Waals surface area (Å²) in [6, 6.07) is 0. The van der Waals surface area contributed by atoms with Gasteiger partial charge < -0.3 is 0 Å². The molecule has 0 aromatic rings. The van der Waals surface area contributed by atoms with Crippen molar-refractivity contribution in [2.75, 3.05) is 30.5 Å². The highest BCUT2D eigenvalue weighted by Crippen LogP contribution is 2.47. The zero-order valence-corrected chi connectivity index (χ0v) is 9.71. The van der Waals surface area contributed by atoms with Gasteiger partial charge in [0.15, 0.2) is 9.84 Å². The maximum atomic E-state index is 11.2. The molecule has 1 fully saturated rings. The van der Waals surface area contributed by atoms with Crippen LogP contribution in [0.3, 0.4) is 0 Å². The molecule has 1 saturated heterocycles. The Balaban J connectivity index is 2.90. The summed E-state index contributed by atoms with van der Waals surface area (Å²) in [6.07, 6.45) is 1.83. The summed E-state index contributed by atoms with van der Waals surface area (Å²) in [5.41, 5.74) is 0. The average molecular weight is 208 g/mol. The first-order valence-corrected chi connectivity index (χ1v) is 8.64. The van der Waals surface area contributed by atoms with Crippen molar-refractivity contribution >= 4 is 22.0 Å². The van der Waals surface area contributed by atoms with Crippen molar-refractivity contribution in [3.8, 4) is 0 Å². The highest BCUT2D eigenvalue weighted by molar-refractivity contribution is 7.93. The van der Waals surface area contributed by atoms with Gasteiger partial charge in [-0.1, -0.05) is 5.29 Å². The summed E-state index contributed by atoms with van der Waals surface area (Å²) < 4.78 is 22.3. The second-order valence-corrected chi connectivity index (χ2v) is 10.8. The van der Waals surface area contributed by atoms with Crippen LogP contribution in [0.15, 0.2) is 0 Å². The van der Waals surface area contributed by atoms with Crippen LogP contribution in [0, 0.1) is 0 Å². The van der Waals surface area contributed by atoms with Crippen LogP contribution in [0.25, 0.3) is 0 Å². The molecule has 72 valence electrons. The number of hydrogen-bond donors (Lipinski definition) is 0. The fourth-order valence-electron chi connectivity index (χ4n) is 1.34. The predicted molar refractivity (Wildman–Crippen MR) is 57.6 cm³/mol. The van der Waals surface area contributed by atoms with Gasteiger partial charge in [0, 0.05) is 0 Å². The molecule has 1 rings (SSSR count).